The smallest absolute Gasteiger partial charge is 0.125 e. The van der Waals surface area contributed by atoms with Crippen LogP contribution in [0.15, 0.2) is 30.3 Å². The lowest BCUT2D eigenvalue weighted by molar-refractivity contribution is 0.260. The van der Waals surface area contributed by atoms with Crippen molar-refractivity contribution < 1.29 is 9.47 Å². The molecule has 1 aliphatic rings. The molecule has 3 rings (SSSR count). The number of epoxide rings is 1. The predicted octanol–water partition coefficient (Wildman–Crippen LogP) is 4.85. The van der Waals surface area contributed by atoms with Crippen LogP contribution in [0.25, 0.3) is 0 Å². The van der Waals surface area contributed by atoms with E-state index in [0.29, 0.717) is 12.5 Å². The first-order chi connectivity index (χ1) is 11.0. The number of rotatable bonds is 5. The Hall–Kier alpha value is -1.80. The van der Waals surface area contributed by atoms with E-state index in [1.165, 1.54) is 33.4 Å². The van der Waals surface area contributed by atoms with Gasteiger partial charge in [0.25, 0.3) is 0 Å². The second kappa shape index (κ2) is 6.37. The molecule has 2 aromatic rings. The molecule has 2 unspecified atom stereocenters. The van der Waals surface area contributed by atoms with Crippen LogP contribution < -0.4 is 4.74 Å². The molecule has 1 aliphatic heterocycles. The van der Waals surface area contributed by atoms with Crippen LogP contribution in [0.2, 0.25) is 0 Å². The highest BCUT2D eigenvalue weighted by Crippen LogP contribution is 2.39. The minimum Gasteiger partial charge on any atom is -0.490 e. The third kappa shape index (κ3) is 3.13. The summed E-state index contributed by atoms with van der Waals surface area (Å²) in [6.07, 6.45) is 0.283. The summed E-state index contributed by atoms with van der Waals surface area (Å²) in [4.78, 5) is 0. The SMILES string of the molecule is Cc1c(C)c(OCC2CO2)c(C)c(C(C)c2ccccc2)c1C. The third-order valence-electron chi connectivity index (χ3n) is 5.16. The lowest BCUT2D eigenvalue weighted by Gasteiger charge is -2.24. The molecule has 122 valence electrons. The van der Waals surface area contributed by atoms with Gasteiger partial charge in [-0.3, -0.25) is 0 Å². The standard InChI is InChI=1S/C21H26O2/c1-13-14(2)20(16(4)18-9-7-6-8-10-18)17(5)21(15(13)3)23-12-19-11-22-19/h6-10,16,19H,11-12H2,1-5H3. The topological polar surface area (TPSA) is 21.8 Å². The first-order valence-corrected chi connectivity index (χ1v) is 8.40. The molecule has 0 aromatic heterocycles. The van der Waals surface area contributed by atoms with Gasteiger partial charge in [-0.2, -0.15) is 0 Å². The lowest BCUT2D eigenvalue weighted by atomic mass is 9.83. The van der Waals surface area contributed by atoms with Crippen LogP contribution in [0.1, 0.15) is 46.2 Å². The van der Waals surface area contributed by atoms with Crippen molar-refractivity contribution >= 4 is 0 Å². The Balaban J connectivity index is 2.04. The summed E-state index contributed by atoms with van der Waals surface area (Å²) in [5, 5.41) is 0. The number of ether oxygens (including phenoxy) is 2. The molecular weight excluding hydrogens is 284 g/mol. The van der Waals surface area contributed by atoms with E-state index in [1.54, 1.807) is 0 Å². The van der Waals surface area contributed by atoms with E-state index >= 15 is 0 Å². The molecule has 0 N–H and O–H groups in total. The molecule has 1 saturated heterocycles. The summed E-state index contributed by atoms with van der Waals surface area (Å²) >= 11 is 0. The van der Waals surface area contributed by atoms with Crippen molar-refractivity contribution in [2.24, 2.45) is 0 Å². The minimum atomic E-state index is 0.283. The molecule has 1 fully saturated rings. The van der Waals surface area contributed by atoms with Gasteiger partial charge in [-0.1, -0.05) is 37.3 Å². The summed E-state index contributed by atoms with van der Waals surface area (Å²) in [5.74, 6) is 1.40. The van der Waals surface area contributed by atoms with Gasteiger partial charge in [0.2, 0.25) is 0 Å². The van der Waals surface area contributed by atoms with E-state index in [4.69, 9.17) is 9.47 Å². The van der Waals surface area contributed by atoms with Crippen LogP contribution in [0.4, 0.5) is 0 Å². The highest BCUT2D eigenvalue weighted by molar-refractivity contribution is 5.56. The molecule has 0 amide bonds. The van der Waals surface area contributed by atoms with E-state index < -0.39 is 0 Å². The Labute approximate surface area is 139 Å². The van der Waals surface area contributed by atoms with Gasteiger partial charge in [-0.15, -0.1) is 0 Å². The Morgan fingerprint density at radius 3 is 2.26 bits per heavy atom. The molecule has 0 bridgehead atoms. The average molecular weight is 310 g/mol. The predicted molar refractivity (Wildman–Crippen MR) is 94.6 cm³/mol. The van der Waals surface area contributed by atoms with Crippen LogP contribution in [-0.2, 0) is 4.74 Å². The number of benzene rings is 2. The first kappa shape index (κ1) is 16.1. The number of hydrogen-bond acceptors (Lipinski definition) is 2. The van der Waals surface area contributed by atoms with Crippen LogP contribution in [0, 0.1) is 27.7 Å². The van der Waals surface area contributed by atoms with Crippen LogP contribution in [-0.4, -0.2) is 19.3 Å². The Morgan fingerprint density at radius 1 is 1.00 bits per heavy atom. The van der Waals surface area contributed by atoms with Crippen molar-refractivity contribution in [1.29, 1.82) is 0 Å². The maximum Gasteiger partial charge on any atom is 0.125 e. The van der Waals surface area contributed by atoms with Crippen LogP contribution >= 0.6 is 0 Å². The molecule has 1 heterocycles. The normalized spacial score (nSPS) is 17.9. The van der Waals surface area contributed by atoms with Gasteiger partial charge in [0.15, 0.2) is 0 Å². The van der Waals surface area contributed by atoms with E-state index in [2.05, 4.69) is 65.0 Å². The molecule has 0 spiro atoms. The fourth-order valence-electron chi connectivity index (χ4n) is 3.45. The fraction of sp³-hybridized carbons (Fsp3) is 0.429. The zero-order valence-corrected chi connectivity index (χ0v) is 14.8. The summed E-state index contributed by atoms with van der Waals surface area (Å²) < 4.78 is 11.4. The molecule has 2 heteroatoms. The van der Waals surface area contributed by atoms with Crippen molar-refractivity contribution in [3.63, 3.8) is 0 Å². The lowest BCUT2D eigenvalue weighted by Crippen LogP contribution is -2.11. The van der Waals surface area contributed by atoms with Gasteiger partial charge in [0, 0.05) is 5.92 Å². The zero-order chi connectivity index (χ0) is 16.6. The average Bonchev–Trinajstić information content (AvgIpc) is 3.38. The third-order valence-corrected chi connectivity index (χ3v) is 5.16. The van der Waals surface area contributed by atoms with Gasteiger partial charge in [-0.25, -0.2) is 0 Å². The van der Waals surface area contributed by atoms with E-state index in [0.717, 1.165) is 12.4 Å². The Morgan fingerprint density at radius 2 is 1.65 bits per heavy atom. The van der Waals surface area contributed by atoms with Crippen molar-refractivity contribution in [1.82, 2.24) is 0 Å². The second-order valence-electron chi connectivity index (χ2n) is 6.64. The maximum atomic E-state index is 6.13. The molecule has 2 aromatic carbocycles. The van der Waals surface area contributed by atoms with Gasteiger partial charge >= 0.3 is 0 Å². The second-order valence-corrected chi connectivity index (χ2v) is 6.64. The summed E-state index contributed by atoms with van der Waals surface area (Å²) in [7, 11) is 0. The highest BCUT2D eigenvalue weighted by atomic mass is 16.6. The zero-order valence-electron chi connectivity index (χ0n) is 14.8. The maximum absolute atomic E-state index is 6.13. The molecular formula is C21H26O2. The number of hydrogen-bond donors (Lipinski definition) is 0. The van der Waals surface area contributed by atoms with Crippen molar-refractivity contribution in [3.05, 3.63) is 63.7 Å². The Kier molecular flexibility index (Phi) is 4.45. The monoisotopic (exact) mass is 310 g/mol. The van der Waals surface area contributed by atoms with E-state index in [-0.39, 0.29) is 6.10 Å². The van der Waals surface area contributed by atoms with Gasteiger partial charge in [-0.05, 0) is 61.1 Å². The molecule has 23 heavy (non-hydrogen) atoms. The van der Waals surface area contributed by atoms with Gasteiger partial charge < -0.3 is 9.47 Å². The van der Waals surface area contributed by atoms with Crippen molar-refractivity contribution in [3.8, 4) is 5.75 Å². The van der Waals surface area contributed by atoms with Crippen LogP contribution in [0.5, 0.6) is 5.75 Å². The van der Waals surface area contributed by atoms with Crippen molar-refractivity contribution in [2.75, 3.05) is 13.2 Å². The van der Waals surface area contributed by atoms with Gasteiger partial charge in [0.1, 0.15) is 18.5 Å². The Bertz CT molecular complexity index is 700. The largest absolute Gasteiger partial charge is 0.490 e. The quantitative estimate of drug-likeness (QED) is 0.736. The molecule has 0 aliphatic carbocycles. The van der Waals surface area contributed by atoms with Gasteiger partial charge in [0.05, 0.1) is 6.61 Å². The molecule has 0 saturated carbocycles. The van der Waals surface area contributed by atoms with Crippen molar-refractivity contribution in [2.45, 2.75) is 46.6 Å². The first-order valence-electron chi connectivity index (χ1n) is 8.40. The molecule has 0 radical (unpaired) electrons. The molecule has 2 atom stereocenters. The summed E-state index contributed by atoms with van der Waals surface area (Å²) in [6, 6.07) is 10.7. The van der Waals surface area contributed by atoms with E-state index in [9.17, 15) is 0 Å². The minimum absolute atomic E-state index is 0.283. The molecule has 2 nitrogen and oxygen atoms in total. The van der Waals surface area contributed by atoms with Crippen LogP contribution in [0.3, 0.4) is 0 Å². The summed E-state index contributed by atoms with van der Waals surface area (Å²) in [5.41, 5.74) is 7.98. The summed E-state index contributed by atoms with van der Waals surface area (Å²) in [6.45, 7) is 12.6. The fourth-order valence-corrected chi connectivity index (χ4v) is 3.45. The highest BCUT2D eigenvalue weighted by Gasteiger charge is 2.26. The van der Waals surface area contributed by atoms with E-state index in [1.807, 2.05) is 0 Å².